The first-order chi connectivity index (χ1) is 16.7. The number of carbonyl (C=O) groups excluding carboxylic acids is 1. The Morgan fingerprint density at radius 3 is 2.43 bits per heavy atom. The molecule has 1 N–H and O–H groups in total. The van der Waals surface area contributed by atoms with Crippen molar-refractivity contribution < 1.29 is 27.4 Å². The Kier molecular flexibility index (Phi) is 7.34. The summed E-state index contributed by atoms with van der Waals surface area (Å²) in [5.41, 5.74) is 1.22. The fourth-order valence-corrected chi connectivity index (χ4v) is 4.81. The molecule has 3 aromatic carbocycles. The summed E-state index contributed by atoms with van der Waals surface area (Å²) in [5, 5.41) is 3.20. The highest BCUT2D eigenvalue weighted by atomic mass is 32.2. The lowest BCUT2D eigenvalue weighted by Gasteiger charge is -2.16. The fourth-order valence-electron chi connectivity index (χ4n) is 3.32. The minimum atomic E-state index is -3.31. The largest absolute Gasteiger partial charge is 0.488 e. The number of nitrogens with one attached hydrogen (secondary N) is 1. The van der Waals surface area contributed by atoms with Gasteiger partial charge in [0.05, 0.1) is 21.7 Å². The third-order valence-corrected chi connectivity index (χ3v) is 7.02. The van der Waals surface area contributed by atoms with E-state index in [4.69, 9.17) is 14.2 Å². The number of hydrogen-bond donors (Lipinski definition) is 1. The van der Waals surface area contributed by atoms with Crippen molar-refractivity contribution in [3.05, 3.63) is 71.7 Å². The second kappa shape index (κ2) is 10.4. The topological polar surface area (TPSA) is 104 Å². The van der Waals surface area contributed by atoms with E-state index in [0.29, 0.717) is 34.6 Å². The summed E-state index contributed by atoms with van der Waals surface area (Å²) < 4.78 is 41.3. The summed E-state index contributed by atoms with van der Waals surface area (Å²) in [6.07, 6.45) is 0.905. The number of thiazole rings is 1. The molecular weight excluding hydrogens is 488 g/mol. The Morgan fingerprint density at radius 1 is 1.03 bits per heavy atom. The number of nitrogens with zero attached hydrogens (tertiary/aromatic N) is 1. The lowest BCUT2D eigenvalue weighted by atomic mass is 10.2. The zero-order valence-electron chi connectivity index (χ0n) is 19.3. The summed E-state index contributed by atoms with van der Waals surface area (Å²) in [7, 11) is -1.73. The first-order valence-electron chi connectivity index (χ1n) is 10.7. The minimum Gasteiger partial charge on any atom is -0.488 e. The van der Waals surface area contributed by atoms with Gasteiger partial charge in [0.1, 0.15) is 23.4 Å². The molecule has 0 radical (unpaired) electrons. The number of benzene rings is 3. The Labute approximate surface area is 207 Å². The van der Waals surface area contributed by atoms with Gasteiger partial charge in [0.25, 0.3) is 5.91 Å². The number of aromatic nitrogens is 1. The number of amides is 1. The van der Waals surface area contributed by atoms with Crippen LogP contribution in [0.1, 0.15) is 16.7 Å². The van der Waals surface area contributed by atoms with Gasteiger partial charge in [-0.05, 0) is 43.3 Å². The molecule has 1 aromatic heterocycles. The van der Waals surface area contributed by atoms with Crippen LogP contribution in [0.15, 0.2) is 71.6 Å². The van der Waals surface area contributed by atoms with Crippen LogP contribution in [0.2, 0.25) is 0 Å². The van der Waals surface area contributed by atoms with Crippen LogP contribution >= 0.6 is 11.3 Å². The van der Waals surface area contributed by atoms with Gasteiger partial charge in [-0.2, -0.15) is 0 Å². The maximum atomic E-state index is 12.9. The van der Waals surface area contributed by atoms with Crippen molar-refractivity contribution in [2.45, 2.75) is 17.9 Å². The van der Waals surface area contributed by atoms with Crippen molar-refractivity contribution in [1.29, 1.82) is 0 Å². The van der Waals surface area contributed by atoms with Crippen molar-refractivity contribution in [2.75, 3.05) is 25.3 Å². The molecule has 0 saturated heterocycles. The zero-order valence-corrected chi connectivity index (χ0v) is 21.0. The van der Waals surface area contributed by atoms with Crippen LogP contribution in [0.5, 0.6) is 17.2 Å². The third kappa shape index (κ3) is 6.36. The SMILES string of the molecule is COC[C@H](C)Oc1cc(NC(=O)c2nc3ccccc3s2)cc(Oc2ccc(S(C)(=O)=O)cc2)c1. The first-order valence-corrected chi connectivity index (χ1v) is 13.4. The molecular formula is C25H24N2O6S2. The Morgan fingerprint density at radius 2 is 1.74 bits per heavy atom. The minimum absolute atomic E-state index is 0.194. The highest BCUT2D eigenvalue weighted by Crippen LogP contribution is 2.32. The molecule has 35 heavy (non-hydrogen) atoms. The van der Waals surface area contributed by atoms with Gasteiger partial charge in [-0.25, -0.2) is 13.4 Å². The van der Waals surface area contributed by atoms with Crippen LogP contribution in [0, 0.1) is 0 Å². The molecule has 0 spiro atoms. The van der Waals surface area contributed by atoms with E-state index in [2.05, 4.69) is 10.3 Å². The third-order valence-electron chi connectivity index (χ3n) is 4.85. The predicted molar refractivity (Wildman–Crippen MR) is 136 cm³/mol. The summed E-state index contributed by atoms with van der Waals surface area (Å²) in [5.74, 6) is 0.956. The highest BCUT2D eigenvalue weighted by molar-refractivity contribution is 7.90. The van der Waals surface area contributed by atoms with Gasteiger partial charge < -0.3 is 19.5 Å². The molecule has 0 bridgehead atoms. The van der Waals surface area contributed by atoms with E-state index < -0.39 is 9.84 Å². The quantitative estimate of drug-likeness (QED) is 0.330. The number of carbonyl (C=O) groups is 1. The van der Waals surface area contributed by atoms with Crippen molar-refractivity contribution in [3.8, 4) is 17.2 Å². The van der Waals surface area contributed by atoms with E-state index in [1.807, 2.05) is 31.2 Å². The Hall–Kier alpha value is -3.47. The van der Waals surface area contributed by atoms with Crippen molar-refractivity contribution in [3.63, 3.8) is 0 Å². The molecule has 0 aliphatic rings. The number of rotatable bonds is 9. The maximum Gasteiger partial charge on any atom is 0.284 e. The van der Waals surface area contributed by atoms with Gasteiger partial charge in [-0.3, -0.25) is 4.79 Å². The molecule has 8 nitrogen and oxygen atoms in total. The van der Waals surface area contributed by atoms with E-state index in [9.17, 15) is 13.2 Å². The number of sulfone groups is 1. The number of ether oxygens (including phenoxy) is 3. The van der Waals surface area contributed by atoms with Crippen molar-refractivity contribution in [1.82, 2.24) is 4.98 Å². The average Bonchev–Trinajstić information content (AvgIpc) is 3.23. The molecule has 1 amide bonds. The number of hydrogen-bond acceptors (Lipinski definition) is 8. The van der Waals surface area contributed by atoms with Gasteiger partial charge in [-0.1, -0.05) is 12.1 Å². The second-order valence-corrected chi connectivity index (χ2v) is 10.9. The molecule has 0 aliphatic carbocycles. The van der Waals surface area contributed by atoms with Crippen LogP contribution in [-0.4, -0.2) is 45.4 Å². The number of para-hydroxylation sites is 1. The normalized spacial score (nSPS) is 12.3. The van der Waals surface area contributed by atoms with Gasteiger partial charge in [0, 0.05) is 37.3 Å². The summed E-state index contributed by atoms with van der Waals surface area (Å²) in [6, 6.07) is 18.7. The Bertz CT molecular complexity index is 1420. The molecule has 0 unspecified atom stereocenters. The van der Waals surface area contributed by atoms with Crippen molar-refractivity contribution >= 4 is 43.0 Å². The van der Waals surface area contributed by atoms with Gasteiger partial charge in [0.15, 0.2) is 14.8 Å². The number of anilines is 1. The van der Waals surface area contributed by atoms with Crippen LogP contribution in [0.4, 0.5) is 5.69 Å². The van der Waals surface area contributed by atoms with Gasteiger partial charge >= 0.3 is 0 Å². The summed E-state index contributed by atoms with van der Waals surface area (Å²) in [4.78, 5) is 17.5. The maximum absolute atomic E-state index is 12.9. The van der Waals surface area contributed by atoms with E-state index in [-0.39, 0.29) is 16.9 Å². The molecule has 0 fully saturated rings. The highest BCUT2D eigenvalue weighted by Gasteiger charge is 2.15. The van der Waals surface area contributed by atoms with Crippen LogP contribution in [-0.2, 0) is 14.6 Å². The zero-order chi connectivity index (χ0) is 25.0. The molecule has 4 rings (SSSR count). The lowest BCUT2D eigenvalue weighted by molar-refractivity contribution is 0.0920. The van der Waals surface area contributed by atoms with Gasteiger partial charge in [-0.15, -0.1) is 11.3 Å². The van der Waals surface area contributed by atoms with Crippen molar-refractivity contribution in [2.24, 2.45) is 0 Å². The Balaban J connectivity index is 1.60. The van der Waals surface area contributed by atoms with E-state index in [1.165, 1.54) is 23.5 Å². The van der Waals surface area contributed by atoms with E-state index in [0.717, 1.165) is 16.5 Å². The summed E-state index contributed by atoms with van der Waals surface area (Å²) in [6.45, 7) is 2.24. The van der Waals surface area contributed by atoms with E-state index in [1.54, 1.807) is 37.4 Å². The van der Waals surface area contributed by atoms with Crippen LogP contribution in [0.3, 0.4) is 0 Å². The van der Waals surface area contributed by atoms with Gasteiger partial charge in [0.2, 0.25) is 0 Å². The molecule has 10 heteroatoms. The summed E-state index contributed by atoms with van der Waals surface area (Å²) >= 11 is 1.30. The average molecular weight is 513 g/mol. The lowest BCUT2D eigenvalue weighted by Crippen LogP contribution is -2.18. The second-order valence-electron chi connectivity index (χ2n) is 7.86. The molecule has 182 valence electrons. The standard InChI is InChI=1S/C25H24N2O6S2/c1-16(15-31-2)32-19-12-17(26-24(28)25-27-22-6-4-5-7-23(22)34-25)13-20(14-19)33-18-8-10-21(11-9-18)35(3,29)30/h4-14,16H,15H2,1-3H3,(H,26,28)/t16-/m0/s1. The predicted octanol–water partition coefficient (Wildman–Crippen LogP) is 5.16. The molecule has 0 saturated carbocycles. The smallest absolute Gasteiger partial charge is 0.284 e. The molecule has 1 heterocycles. The number of methoxy groups -OCH3 is 1. The molecule has 4 aromatic rings. The monoisotopic (exact) mass is 512 g/mol. The molecule has 0 aliphatic heterocycles. The van der Waals surface area contributed by atoms with E-state index >= 15 is 0 Å². The van der Waals surface area contributed by atoms with Crippen LogP contribution < -0.4 is 14.8 Å². The number of fused-ring (bicyclic) bond motifs is 1. The first kappa shape index (κ1) is 24.6. The van der Waals surface area contributed by atoms with Crippen LogP contribution in [0.25, 0.3) is 10.2 Å². The molecule has 1 atom stereocenters. The fraction of sp³-hybridized carbons (Fsp3) is 0.200.